The molecule has 6 heteroatoms. The highest BCUT2D eigenvalue weighted by Gasteiger charge is 2.38. The molecule has 3 aromatic rings. The lowest BCUT2D eigenvalue weighted by atomic mass is 9.93. The van der Waals surface area contributed by atoms with E-state index < -0.39 is 11.2 Å². The van der Waals surface area contributed by atoms with Gasteiger partial charge in [0.2, 0.25) is 11.8 Å². The number of carbonyl (C=O) groups is 2. The molecule has 166 valence electrons. The van der Waals surface area contributed by atoms with Crippen molar-refractivity contribution in [2.45, 2.75) is 37.7 Å². The first-order valence-electron chi connectivity index (χ1n) is 10.7. The highest BCUT2D eigenvalue weighted by Crippen LogP contribution is 2.49. The van der Waals surface area contributed by atoms with Gasteiger partial charge < -0.3 is 10.6 Å². The molecule has 0 radical (unpaired) electrons. The van der Waals surface area contributed by atoms with E-state index in [9.17, 15) is 9.59 Å². The van der Waals surface area contributed by atoms with Gasteiger partial charge in [0.05, 0.1) is 10.5 Å². The number of fused-ring (bicyclic) bond motifs is 2. The Balaban J connectivity index is 1.96. The minimum atomic E-state index is -0.579. The summed E-state index contributed by atoms with van der Waals surface area (Å²) in [6.07, 6.45) is -0.00682. The molecule has 0 saturated heterocycles. The highest BCUT2D eigenvalue weighted by molar-refractivity contribution is 8.01. The van der Waals surface area contributed by atoms with E-state index in [4.69, 9.17) is 17.3 Å². The largest absolute Gasteiger partial charge is 0.370 e. The van der Waals surface area contributed by atoms with Crippen LogP contribution in [0.1, 0.15) is 43.6 Å². The number of hydrogen-bond acceptors (Lipinski definition) is 3. The van der Waals surface area contributed by atoms with Crippen LogP contribution in [-0.4, -0.2) is 23.6 Å². The molecule has 0 saturated carbocycles. The van der Waals surface area contributed by atoms with Crippen molar-refractivity contribution in [3.63, 3.8) is 0 Å². The number of primary amides is 1. The average molecular weight is 467 g/mol. The monoisotopic (exact) mass is 466 g/mol. The van der Waals surface area contributed by atoms with Crippen LogP contribution in [0, 0.1) is 5.41 Å². The molecular weight excluding hydrogens is 440 g/mol. The number of amides is 2. The molecule has 1 heterocycles. The summed E-state index contributed by atoms with van der Waals surface area (Å²) in [5, 5.41) is 2.11. The average Bonchev–Trinajstić information content (AvgIpc) is 2.82. The Morgan fingerprint density at radius 1 is 1.06 bits per heavy atom. The third-order valence-electron chi connectivity index (χ3n) is 5.53. The molecule has 0 spiro atoms. The molecule has 1 aliphatic rings. The molecule has 0 bridgehead atoms. The normalized spacial score (nSPS) is 19.0. The van der Waals surface area contributed by atoms with Crippen LogP contribution in [0.3, 0.4) is 0 Å². The third-order valence-corrected chi connectivity index (χ3v) is 7.24. The van der Waals surface area contributed by atoms with Crippen molar-refractivity contribution in [2.75, 3.05) is 11.4 Å². The van der Waals surface area contributed by atoms with Crippen molar-refractivity contribution >= 4 is 51.6 Å². The zero-order chi connectivity index (χ0) is 23.0. The maximum absolute atomic E-state index is 13.7. The maximum Gasteiger partial charge on any atom is 0.240 e. The molecule has 4 nitrogen and oxygen atoms in total. The standard InChI is InChI=1S/C26H27ClN2O2S/c1-26(2,3)15-29-21-12-11-17(27)13-20(21)24(32-22(25(29)31)14-23(28)30)19-10-6-8-16-7-4-5-9-18(16)19/h4-13,22,24H,14-15H2,1-3H3,(H2,28,30). The van der Waals surface area contributed by atoms with Crippen molar-refractivity contribution in [1.29, 1.82) is 0 Å². The van der Waals surface area contributed by atoms with E-state index in [0.717, 1.165) is 27.6 Å². The molecule has 2 N–H and O–H groups in total. The van der Waals surface area contributed by atoms with Crippen LogP contribution >= 0.6 is 23.4 Å². The predicted molar refractivity (Wildman–Crippen MR) is 134 cm³/mol. The van der Waals surface area contributed by atoms with Crippen molar-refractivity contribution in [3.05, 3.63) is 76.8 Å². The van der Waals surface area contributed by atoms with E-state index in [0.29, 0.717) is 11.6 Å². The lowest BCUT2D eigenvalue weighted by Gasteiger charge is -2.31. The number of anilines is 1. The van der Waals surface area contributed by atoms with E-state index in [-0.39, 0.29) is 23.0 Å². The summed E-state index contributed by atoms with van der Waals surface area (Å²) in [5.41, 5.74) is 8.35. The Kier molecular flexibility index (Phi) is 6.24. The summed E-state index contributed by atoms with van der Waals surface area (Å²) in [7, 11) is 0. The lowest BCUT2D eigenvalue weighted by Crippen LogP contribution is -2.43. The fourth-order valence-electron chi connectivity index (χ4n) is 4.25. The van der Waals surface area contributed by atoms with Gasteiger partial charge in [-0.25, -0.2) is 0 Å². The molecule has 2 unspecified atom stereocenters. The molecule has 2 atom stereocenters. The number of rotatable bonds is 4. The van der Waals surface area contributed by atoms with Crippen molar-refractivity contribution in [1.82, 2.24) is 0 Å². The third kappa shape index (κ3) is 4.64. The van der Waals surface area contributed by atoms with E-state index in [2.05, 4.69) is 45.0 Å². The van der Waals surface area contributed by atoms with Crippen LogP contribution in [0.25, 0.3) is 10.8 Å². The fourth-order valence-corrected chi connectivity index (χ4v) is 5.95. The van der Waals surface area contributed by atoms with Gasteiger partial charge in [-0.05, 0) is 45.5 Å². The topological polar surface area (TPSA) is 63.4 Å². The Labute approximate surface area is 198 Å². The number of halogens is 1. The SMILES string of the molecule is CC(C)(C)CN1C(=O)C(CC(N)=O)SC(c2cccc3ccccc23)c2cc(Cl)ccc21. The van der Waals surface area contributed by atoms with E-state index in [1.807, 2.05) is 41.3 Å². The van der Waals surface area contributed by atoms with Gasteiger partial charge in [-0.3, -0.25) is 9.59 Å². The molecule has 0 aliphatic carbocycles. The van der Waals surface area contributed by atoms with Crippen molar-refractivity contribution < 1.29 is 9.59 Å². The van der Waals surface area contributed by atoms with Crippen LogP contribution in [0.5, 0.6) is 0 Å². The molecule has 0 fully saturated rings. The number of nitrogens with zero attached hydrogens (tertiary/aromatic N) is 1. The van der Waals surface area contributed by atoms with Crippen LogP contribution in [-0.2, 0) is 9.59 Å². The van der Waals surface area contributed by atoms with Crippen LogP contribution in [0.4, 0.5) is 5.69 Å². The summed E-state index contributed by atoms with van der Waals surface area (Å²) in [4.78, 5) is 27.4. The minimum absolute atomic E-state index is 0.00682. The van der Waals surface area contributed by atoms with E-state index in [1.165, 1.54) is 11.8 Å². The van der Waals surface area contributed by atoms with Gasteiger partial charge in [-0.1, -0.05) is 74.8 Å². The number of nitrogens with two attached hydrogens (primary N) is 1. The quantitative estimate of drug-likeness (QED) is 0.516. The van der Waals surface area contributed by atoms with Gasteiger partial charge in [0, 0.05) is 23.7 Å². The second-order valence-corrected chi connectivity index (χ2v) is 11.2. The number of hydrogen-bond donors (Lipinski definition) is 1. The molecule has 2 amide bonds. The molecule has 4 rings (SSSR count). The van der Waals surface area contributed by atoms with Gasteiger partial charge in [0.1, 0.15) is 0 Å². The Bertz CT molecular complexity index is 1180. The van der Waals surface area contributed by atoms with E-state index >= 15 is 0 Å². The number of benzene rings is 3. The summed E-state index contributed by atoms with van der Waals surface area (Å²) in [5.74, 6) is -0.567. The minimum Gasteiger partial charge on any atom is -0.370 e. The summed E-state index contributed by atoms with van der Waals surface area (Å²) >= 11 is 7.94. The first-order valence-corrected chi connectivity index (χ1v) is 12.0. The van der Waals surface area contributed by atoms with Gasteiger partial charge in [-0.2, -0.15) is 0 Å². The summed E-state index contributed by atoms with van der Waals surface area (Å²) < 4.78 is 0. The van der Waals surface area contributed by atoms with E-state index in [1.54, 1.807) is 0 Å². The Hall–Kier alpha value is -2.50. The van der Waals surface area contributed by atoms with Gasteiger partial charge in [-0.15, -0.1) is 11.8 Å². The molecular formula is C26H27ClN2O2S. The maximum atomic E-state index is 13.7. The molecule has 1 aliphatic heterocycles. The zero-order valence-corrected chi connectivity index (χ0v) is 20.0. The van der Waals surface area contributed by atoms with Crippen LogP contribution in [0.2, 0.25) is 5.02 Å². The first kappa shape index (κ1) is 22.7. The Morgan fingerprint density at radius 2 is 1.78 bits per heavy atom. The fraction of sp³-hybridized carbons (Fsp3) is 0.308. The van der Waals surface area contributed by atoms with Gasteiger partial charge in [0.25, 0.3) is 0 Å². The smallest absolute Gasteiger partial charge is 0.240 e. The van der Waals surface area contributed by atoms with Gasteiger partial charge >= 0.3 is 0 Å². The van der Waals surface area contributed by atoms with Crippen molar-refractivity contribution in [3.8, 4) is 0 Å². The van der Waals surface area contributed by atoms with Crippen molar-refractivity contribution in [2.24, 2.45) is 11.1 Å². The van der Waals surface area contributed by atoms with Crippen LogP contribution < -0.4 is 10.6 Å². The lowest BCUT2D eigenvalue weighted by molar-refractivity contribution is -0.123. The first-order chi connectivity index (χ1) is 15.1. The molecule has 0 aromatic heterocycles. The second kappa shape index (κ2) is 8.80. The predicted octanol–water partition coefficient (Wildman–Crippen LogP) is 5.95. The second-order valence-electron chi connectivity index (χ2n) is 9.43. The Morgan fingerprint density at radius 3 is 2.50 bits per heavy atom. The summed E-state index contributed by atoms with van der Waals surface area (Å²) in [6.45, 7) is 6.82. The zero-order valence-electron chi connectivity index (χ0n) is 18.5. The molecule has 32 heavy (non-hydrogen) atoms. The van der Waals surface area contributed by atoms with Gasteiger partial charge in [0.15, 0.2) is 0 Å². The number of thioether (sulfide) groups is 1. The van der Waals surface area contributed by atoms with Crippen LogP contribution in [0.15, 0.2) is 60.7 Å². The molecule has 3 aromatic carbocycles. The number of carbonyl (C=O) groups excluding carboxylic acids is 2. The summed E-state index contributed by atoms with van der Waals surface area (Å²) in [6, 6.07) is 20.1. The highest BCUT2D eigenvalue weighted by atomic mass is 35.5.